The Balaban J connectivity index is 2.19. The summed E-state index contributed by atoms with van der Waals surface area (Å²) in [7, 11) is -3.70. The second-order valence-corrected chi connectivity index (χ2v) is 6.51. The summed E-state index contributed by atoms with van der Waals surface area (Å²) in [6.45, 7) is -0.0296. The third-order valence-electron chi connectivity index (χ3n) is 3.29. The van der Waals surface area contributed by atoms with Gasteiger partial charge in [0.05, 0.1) is 11.5 Å². The summed E-state index contributed by atoms with van der Waals surface area (Å²) in [4.78, 5) is 0.212. The van der Waals surface area contributed by atoms with Crippen molar-refractivity contribution in [1.82, 2.24) is 3.97 Å². The van der Waals surface area contributed by atoms with E-state index in [2.05, 4.69) is 0 Å². The van der Waals surface area contributed by atoms with Crippen molar-refractivity contribution in [2.75, 3.05) is 13.2 Å². The highest BCUT2D eigenvalue weighted by atomic mass is 32.2. The van der Waals surface area contributed by atoms with Gasteiger partial charge in [-0.1, -0.05) is 30.3 Å². The molecule has 2 aromatic carbocycles. The second kappa shape index (κ2) is 5.82. The van der Waals surface area contributed by atoms with Crippen molar-refractivity contribution < 1.29 is 18.3 Å². The first-order valence-corrected chi connectivity index (χ1v) is 8.23. The van der Waals surface area contributed by atoms with E-state index in [1.54, 1.807) is 48.5 Å². The molecule has 0 fully saturated rings. The van der Waals surface area contributed by atoms with E-state index >= 15 is 0 Å². The predicted octanol–water partition coefficient (Wildman–Crippen LogP) is 2.25. The van der Waals surface area contributed by atoms with Crippen LogP contribution >= 0.6 is 0 Å². The molecule has 5 nitrogen and oxygen atoms in total. The fourth-order valence-electron chi connectivity index (χ4n) is 2.31. The van der Waals surface area contributed by atoms with Gasteiger partial charge in [-0.2, -0.15) is 0 Å². The van der Waals surface area contributed by atoms with Gasteiger partial charge in [0.2, 0.25) is 0 Å². The number of aromatic nitrogens is 1. The van der Waals surface area contributed by atoms with Gasteiger partial charge in [0.15, 0.2) is 0 Å². The third-order valence-corrected chi connectivity index (χ3v) is 4.98. The van der Waals surface area contributed by atoms with E-state index in [0.717, 1.165) is 5.39 Å². The summed E-state index contributed by atoms with van der Waals surface area (Å²) in [6.07, 6.45) is 1.51. The number of hydrogen-bond acceptors (Lipinski definition) is 4. The minimum Gasteiger partial charge on any atom is -0.489 e. The van der Waals surface area contributed by atoms with Crippen LogP contribution in [-0.2, 0) is 10.0 Å². The first-order chi connectivity index (χ1) is 10.6. The monoisotopic (exact) mass is 317 g/mol. The molecule has 0 amide bonds. The van der Waals surface area contributed by atoms with Gasteiger partial charge in [0.1, 0.15) is 17.9 Å². The van der Waals surface area contributed by atoms with Crippen LogP contribution in [0.2, 0.25) is 0 Å². The van der Waals surface area contributed by atoms with Gasteiger partial charge >= 0.3 is 0 Å². The highest BCUT2D eigenvalue weighted by Gasteiger charge is 2.20. The zero-order chi connectivity index (χ0) is 15.6. The van der Waals surface area contributed by atoms with Crippen LogP contribution in [0.1, 0.15) is 0 Å². The van der Waals surface area contributed by atoms with E-state index in [0.29, 0.717) is 11.3 Å². The highest BCUT2D eigenvalue weighted by Crippen LogP contribution is 2.29. The molecule has 0 unspecified atom stereocenters. The molecule has 3 rings (SSSR count). The Morgan fingerprint density at radius 1 is 1.00 bits per heavy atom. The number of nitrogens with zero attached hydrogens (tertiary/aromatic N) is 1. The smallest absolute Gasteiger partial charge is 0.268 e. The van der Waals surface area contributed by atoms with Crippen LogP contribution in [0, 0.1) is 0 Å². The Morgan fingerprint density at radius 2 is 1.77 bits per heavy atom. The van der Waals surface area contributed by atoms with Gasteiger partial charge in [-0.25, -0.2) is 12.4 Å². The normalized spacial score (nSPS) is 11.7. The van der Waals surface area contributed by atoms with Crippen LogP contribution in [0.3, 0.4) is 0 Å². The maximum atomic E-state index is 12.8. The summed E-state index contributed by atoms with van der Waals surface area (Å²) in [5.41, 5.74) is 0.472. The Bertz CT molecular complexity index is 885. The molecule has 0 aliphatic rings. The van der Waals surface area contributed by atoms with E-state index in [1.807, 2.05) is 6.07 Å². The van der Waals surface area contributed by atoms with E-state index < -0.39 is 10.0 Å². The first kappa shape index (κ1) is 14.6. The third kappa shape index (κ3) is 2.47. The molecule has 0 aliphatic heterocycles. The topological polar surface area (TPSA) is 68.5 Å². The van der Waals surface area contributed by atoms with Crippen LogP contribution in [0.15, 0.2) is 65.7 Å². The van der Waals surface area contributed by atoms with Crippen molar-refractivity contribution in [3.8, 4) is 5.75 Å². The van der Waals surface area contributed by atoms with Crippen molar-refractivity contribution >= 4 is 20.9 Å². The largest absolute Gasteiger partial charge is 0.489 e. The van der Waals surface area contributed by atoms with Gasteiger partial charge in [0, 0.05) is 11.6 Å². The van der Waals surface area contributed by atoms with Crippen LogP contribution in [-0.4, -0.2) is 30.7 Å². The summed E-state index contributed by atoms with van der Waals surface area (Å²) >= 11 is 0. The predicted molar refractivity (Wildman–Crippen MR) is 83.5 cm³/mol. The molecule has 0 bridgehead atoms. The van der Waals surface area contributed by atoms with Gasteiger partial charge in [-0.15, -0.1) is 0 Å². The number of para-hydroxylation sites is 1. The minimum atomic E-state index is -3.70. The van der Waals surface area contributed by atoms with Crippen molar-refractivity contribution in [3.05, 3.63) is 60.8 Å². The highest BCUT2D eigenvalue weighted by molar-refractivity contribution is 7.90. The average molecular weight is 317 g/mol. The van der Waals surface area contributed by atoms with Gasteiger partial charge in [-0.05, 0) is 24.3 Å². The molecule has 3 aromatic rings. The summed E-state index contributed by atoms with van der Waals surface area (Å²) < 4.78 is 32.3. The lowest BCUT2D eigenvalue weighted by atomic mass is 10.2. The SMILES string of the molecule is O=S(=O)(c1ccccc1)n1ccc2cccc(OCCO)c21. The number of aliphatic hydroxyl groups excluding tert-OH is 1. The summed E-state index contributed by atoms with van der Waals surface area (Å²) in [5.74, 6) is 0.427. The fraction of sp³-hybridized carbons (Fsp3) is 0.125. The molecule has 1 N–H and O–H groups in total. The van der Waals surface area contributed by atoms with Crippen molar-refractivity contribution in [2.24, 2.45) is 0 Å². The second-order valence-electron chi connectivity index (χ2n) is 4.70. The number of aliphatic hydroxyl groups is 1. The molecule has 0 aliphatic carbocycles. The van der Waals surface area contributed by atoms with Gasteiger partial charge < -0.3 is 9.84 Å². The van der Waals surface area contributed by atoms with Gasteiger partial charge in [0.25, 0.3) is 10.0 Å². The number of benzene rings is 2. The Morgan fingerprint density at radius 3 is 2.50 bits per heavy atom. The van der Waals surface area contributed by atoms with E-state index in [9.17, 15) is 8.42 Å². The van der Waals surface area contributed by atoms with Crippen molar-refractivity contribution in [2.45, 2.75) is 4.90 Å². The molecule has 114 valence electrons. The maximum Gasteiger partial charge on any atom is 0.268 e. The zero-order valence-electron chi connectivity index (χ0n) is 11.7. The average Bonchev–Trinajstić information content (AvgIpc) is 2.99. The number of hydrogen-bond donors (Lipinski definition) is 1. The lowest BCUT2D eigenvalue weighted by Gasteiger charge is -2.11. The first-order valence-electron chi connectivity index (χ1n) is 6.79. The van der Waals surface area contributed by atoms with E-state index in [4.69, 9.17) is 9.84 Å². The molecule has 1 aromatic heterocycles. The molecule has 0 atom stereocenters. The quantitative estimate of drug-likeness (QED) is 0.783. The Labute approximate surface area is 128 Å². The molecular formula is C16H15NO4S. The lowest BCUT2D eigenvalue weighted by Crippen LogP contribution is -2.12. The molecular weight excluding hydrogens is 302 g/mol. The van der Waals surface area contributed by atoms with Crippen molar-refractivity contribution in [3.63, 3.8) is 0 Å². The Hall–Kier alpha value is -2.31. The van der Waals surface area contributed by atoms with Crippen LogP contribution in [0.25, 0.3) is 10.9 Å². The van der Waals surface area contributed by atoms with E-state index in [1.165, 1.54) is 10.2 Å². The van der Waals surface area contributed by atoms with Crippen molar-refractivity contribution in [1.29, 1.82) is 0 Å². The molecule has 1 heterocycles. The number of ether oxygens (including phenoxy) is 1. The van der Waals surface area contributed by atoms with E-state index in [-0.39, 0.29) is 18.1 Å². The molecule has 0 spiro atoms. The van der Waals surface area contributed by atoms with Crippen LogP contribution < -0.4 is 4.74 Å². The molecule has 0 radical (unpaired) electrons. The summed E-state index contributed by atoms with van der Waals surface area (Å²) in [5, 5.41) is 9.67. The Kier molecular flexibility index (Phi) is 3.87. The van der Waals surface area contributed by atoms with Gasteiger partial charge in [-0.3, -0.25) is 0 Å². The molecule has 6 heteroatoms. The van der Waals surface area contributed by atoms with Crippen LogP contribution in [0.4, 0.5) is 0 Å². The number of rotatable bonds is 5. The number of fused-ring (bicyclic) bond motifs is 1. The zero-order valence-corrected chi connectivity index (χ0v) is 12.5. The summed E-state index contributed by atoms with van der Waals surface area (Å²) in [6, 6.07) is 15.3. The lowest BCUT2D eigenvalue weighted by molar-refractivity contribution is 0.202. The maximum absolute atomic E-state index is 12.8. The minimum absolute atomic E-state index is 0.107. The molecule has 0 saturated heterocycles. The standard InChI is InChI=1S/C16H15NO4S/c18-11-12-21-15-8-4-5-13-9-10-17(16(13)15)22(19,20)14-6-2-1-3-7-14/h1-10,18H,11-12H2. The molecule has 0 saturated carbocycles. The molecule has 22 heavy (non-hydrogen) atoms. The van der Waals surface area contributed by atoms with Crippen LogP contribution in [0.5, 0.6) is 5.75 Å². The fourth-order valence-corrected chi connectivity index (χ4v) is 3.70.